The lowest BCUT2D eigenvalue weighted by atomic mass is 9.96. The Hall–Kier alpha value is -2.57. The molecule has 1 amide bonds. The van der Waals surface area contributed by atoms with Crippen LogP contribution in [0.5, 0.6) is 0 Å². The van der Waals surface area contributed by atoms with Crippen molar-refractivity contribution in [2.75, 3.05) is 24.7 Å². The van der Waals surface area contributed by atoms with Gasteiger partial charge in [0.15, 0.2) is 0 Å². The molecule has 178 valence electrons. The number of allylic oxidation sites excluding steroid dienone is 2. The molecule has 2 N–H and O–H groups in total. The average molecular weight is 472 g/mol. The van der Waals surface area contributed by atoms with Crippen LogP contribution in [0.25, 0.3) is 0 Å². The van der Waals surface area contributed by atoms with Crippen LogP contribution in [0.2, 0.25) is 0 Å². The van der Waals surface area contributed by atoms with Crippen LogP contribution in [0.4, 0.5) is 5.69 Å². The lowest BCUT2D eigenvalue weighted by Crippen LogP contribution is -2.40. The van der Waals surface area contributed by atoms with Gasteiger partial charge in [-0.25, -0.2) is 0 Å². The van der Waals surface area contributed by atoms with Crippen LogP contribution in [-0.2, 0) is 24.1 Å². The molecule has 2 aliphatic rings. The summed E-state index contributed by atoms with van der Waals surface area (Å²) in [7, 11) is 0. The number of hydrogen-bond donors (Lipinski definition) is 2. The molecule has 2 aromatic rings. The maximum absolute atomic E-state index is 13.3. The third kappa shape index (κ3) is 5.68. The van der Waals surface area contributed by atoms with E-state index in [9.17, 15) is 9.59 Å². The topological polar surface area (TPSA) is 74.4 Å². The molecule has 7 heteroatoms. The number of aromatic nitrogens is 1. The van der Waals surface area contributed by atoms with Crippen LogP contribution in [0.1, 0.15) is 58.9 Å². The Morgan fingerprint density at radius 3 is 2.67 bits per heavy atom. The van der Waals surface area contributed by atoms with Crippen LogP contribution < -0.4 is 15.8 Å². The van der Waals surface area contributed by atoms with E-state index in [0.717, 1.165) is 68.0 Å². The number of nitrogens with one attached hydrogen (secondary N) is 2. The number of amides is 1. The molecule has 2 aliphatic heterocycles. The lowest BCUT2D eigenvalue weighted by molar-refractivity contribution is 0.0845. The van der Waals surface area contributed by atoms with Gasteiger partial charge in [-0.15, -0.1) is 12.4 Å². The number of aryl methyl sites for hydroxylation is 2. The van der Waals surface area contributed by atoms with Crippen molar-refractivity contribution in [2.24, 2.45) is 0 Å². The summed E-state index contributed by atoms with van der Waals surface area (Å²) in [5.41, 5.74) is 5.24. The van der Waals surface area contributed by atoms with Crippen LogP contribution in [0.3, 0.4) is 0 Å². The number of fused-ring (bicyclic) bond motifs is 2. The number of halogens is 1. The van der Waals surface area contributed by atoms with Crippen molar-refractivity contribution in [1.82, 2.24) is 10.3 Å². The van der Waals surface area contributed by atoms with Gasteiger partial charge in [0.1, 0.15) is 0 Å². The van der Waals surface area contributed by atoms with E-state index < -0.39 is 0 Å². The summed E-state index contributed by atoms with van der Waals surface area (Å²) in [6, 6.07) is 8.43. The van der Waals surface area contributed by atoms with E-state index in [2.05, 4.69) is 40.3 Å². The van der Waals surface area contributed by atoms with Gasteiger partial charge in [0.2, 0.25) is 0 Å². The van der Waals surface area contributed by atoms with Crippen molar-refractivity contribution in [3.63, 3.8) is 0 Å². The molecular formula is C26H34ClN3O3. The fraction of sp³-hybridized carbons (Fsp3) is 0.462. The average Bonchev–Trinajstić information content (AvgIpc) is 2.79. The first kappa shape index (κ1) is 25.1. The van der Waals surface area contributed by atoms with Gasteiger partial charge >= 0.3 is 0 Å². The molecule has 0 aliphatic carbocycles. The van der Waals surface area contributed by atoms with Crippen molar-refractivity contribution in [3.8, 4) is 0 Å². The smallest absolute Gasteiger partial charge is 0.253 e. The molecule has 1 aromatic heterocycles. The van der Waals surface area contributed by atoms with E-state index in [4.69, 9.17) is 4.74 Å². The molecule has 1 aromatic carbocycles. The maximum Gasteiger partial charge on any atom is 0.253 e. The van der Waals surface area contributed by atoms with E-state index in [1.54, 1.807) is 0 Å². The lowest BCUT2D eigenvalue weighted by Gasteiger charge is -2.37. The molecule has 0 atom stereocenters. The van der Waals surface area contributed by atoms with Gasteiger partial charge in [-0.1, -0.05) is 18.2 Å². The van der Waals surface area contributed by atoms with Gasteiger partial charge in [-0.3, -0.25) is 9.59 Å². The second-order valence-electron chi connectivity index (χ2n) is 8.61. The van der Waals surface area contributed by atoms with Crippen molar-refractivity contribution in [1.29, 1.82) is 0 Å². The highest BCUT2D eigenvalue weighted by atomic mass is 35.5. The predicted molar refractivity (Wildman–Crippen MR) is 135 cm³/mol. The third-order valence-electron chi connectivity index (χ3n) is 6.54. The van der Waals surface area contributed by atoms with E-state index in [-0.39, 0.29) is 30.4 Å². The number of carbonyl (C=O) groups is 1. The number of aromatic amines is 1. The van der Waals surface area contributed by atoms with Crippen LogP contribution in [0, 0.1) is 6.92 Å². The Morgan fingerprint density at radius 1 is 1.12 bits per heavy atom. The Morgan fingerprint density at radius 2 is 1.91 bits per heavy atom. The second-order valence-corrected chi connectivity index (χ2v) is 8.61. The highest BCUT2D eigenvalue weighted by Gasteiger charge is 2.25. The van der Waals surface area contributed by atoms with E-state index in [1.165, 1.54) is 0 Å². The van der Waals surface area contributed by atoms with E-state index in [1.807, 2.05) is 25.1 Å². The molecule has 1 fully saturated rings. The van der Waals surface area contributed by atoms with Crippen LogP contribution in [-0.4, -0.2) is 36.7 Å². The minimum Gasteiger partial charge on any atom is -0.381 e. The Kier molecular flexibility index (Phi) is 8.75. The van der Waals surface area contributed by atoms with Crippen molar-refractivity contribution < 1.29 is 9.53 Å². The number of nitrogens with zero attached hydrogens (tertiary/aromatic N) is 1. The van der Waals surface area contributed by atoms with Crippen LogP contribution in [0.15, 0.2) is 41.2 Å². The normalized spacial score (nSPS) is 17.0. The molecule has 0 saturated carbocycles. The minimum absolute atomic E-state index is 0. The molecule has 0 radical (unpaired) electrons. The fourth-order valence-electron chi connectivity index (χ4n) is 4.92. The molecule has 3 heterocycles. The Labute approximate surface area is 201 Å². The summed E-state index contributed by atoms with van der Waals surface area (Å²) in [6.45, 7) is 6.74. The number of hydrogen-bond acceptors (Lipinski definition) is 4. The molecule has 0 bridgehead atoms. The van der Waals surface area contributed by atoms with Gasteiger partial charge < -0.3 is 19.9 Å². The van der Waals surface area contributed by atoms with Crippen molar-refractivity contribution in [3.05, 3.63) is 74.7 Å². The molecule has 33 heavy (non-hydrogen) atoms. The second kappa shape index (κ2) is 11.5. The third-order valence-corrected chi connectivity index (χ3v) is 6.54. The zero-order chi connectivity index (χ0) is 22.5. The molecule has 1 saturated heterocycles. The predicted octanol–water partition coefficient (Wildman–Crippen LogP) is 4.09. The number of pyridine rings is 1. The number of H-pyrrole nitrogens is 1. The summed E-state index contributed by atoms with van der Waals surface area (Å²) in [6.07, 6.45) is 8.68. The first-order valence-electron chi connectivity index (χ1n) is 11.7. The molecule has 6 nitrogen and oxygen atoms in total. The number of ether oxygens (including phenoxy) is 1. The van der Waals surface area contributed by atoms with Gasteiger partial charge in [0, 0.05) is 54.9 Å². The Bertz CT molecular complexity index is 1060. The highest BCUT2D eigenvalue weighted by Crippen LogP contribution is 2.30. The first-order valence-corrected chi connectivity index (χ1v) is 11.7. The summed E-state index contributed by atoms with van der Waals surface area (Å²) < 4.78 is 5.57. The molecular weight excluding hydrogens is 438 g/mol. The molecule has 0 unspecified atom stereocenters. The monoisotopic (exact) mass is 471 g/mol. The largest absolute Gasteiger partial charge is 0.381 e. The molecule has 4 rings (SSSR count). The van der Waals surface area contributed by atoms with Crippen molar-refractivity contribution in [2.45, 2.75) is 58.5 Å². The number of benzene rings is 1. The van der Waals surface area contributed by atoms with Crippen LogP contribution >= 0.6 is 12.4 Å². The van der Waals surface area contributed by atoms with Gasteiger partial charge in [0.25, 0.3) is 11.5 Å². The quantitative estimate of drug-likeness (QED) is 0.661. The maximum atomic E-state index is 13.3. The zero-order valence-corrected chi connectivity index (χ0v) is 20.3. The number of carbonyl (C=O) groups excluding carboxylic acids is 1. The first-order chi connectivity index (χ1) is 15.6. The van der Waals surface area contributed by atoms with Gasteiger partial charge in [-0.2, -0.15) is 0 Å². The highest BCUT2D eigenvalue weighted by molar-refractivity contribution is 5.97. The number of anilines is 1. The summed E-state index contributed by atoms with van der Waals surface area (Å²) >= 11 is 0. The summed E-state index contributed by atoms with van der Waals surface area (Å²) in [5.74, 6) is -0.134. The fourth-order valence-corrected chi connectivity index (χ4v) is 4.92. The van der Waals surface area contributed by atoms with Gasteiger partial charge in [-0.05, 0) is 75.3 Å². The van der Waals surface area contributed by atoms with E-state index in [0.29, 0.717) is 23.6 Å². The summed E-state index contributed by atoms with van der Waals surface area (Å²) in [5, 5.41) is 3.02. The standard InChI is InChI=1S/C26H33N3O3.ClH/c1-3-29(20-12-14-32-15-13-20)24-11-7-10-22-21(24)9-6-4-5-8-19-16-18(2)28-26(31)23(19)17-27-25(22)30;/h4,6-7,10-11,16,20H,3,5,8-9,12-15,17H2,1-2H3,(H,27,30)(H,28,31);1H. The van der Waals surface area contributed by atoms with Gasteiger partial charge in [0.05, 0.1) is 0 Å². The Balaban J connectivity index is 0.00000306. The SMILES string of the molecule is CCN(c1cccc2c1CC=CCCc1cc(C)[nH]c(=O)c1CNC2=O)C1CCOCC1.Cl. The number of rotatable bonds is 3. The van der Waals surface area contributed by atoms with Crippen molar-refractivity contribution >= 4 is 24.0 Å². The minimum atomic E-state index is -0.134. The summed E-state index contributed by atoms with van der Waals surface area (Å²) in [4.78, 5) is 31.1. The molecule has 0 spiro atoms. The van der Waals surface area contributed by atoms with E-state index >= 15 is 0 Å². The zero-order valence-electron chi connectivity index (χ0n) is 19.5.